The van der Waals surface area contributed by atoms with Gasteiger partial charge in [-0.15, -0.1) is 0 Å². The summed E-state index contributed by atoms with van der Waals surface area (Å²) in [6.07, 6.45) is 104. The van der Waals surface area contributed by atoms with Gasteiger partial charge in [0.2, 0.25) is 0 Å². The van der Waals surface area contributed by atoms with Crippen molar-refractivity contribution in [3.8, 4) is 0 Å². The van der Waals surface area contributed by atoms with E-state index < -0.39 is 97.5 Å². The standard InChI is InChI=1S/C91H140O17P2/c1-5-9-13-17-21-25-29-33-37-40-42-45-48-51-55-59-63-67-71-75-88(93)101-81-86(107-90(95)77-73-69-65-61-57-53-47-36-32-28-24-20-16-12-8-4)83-105-109(97,98)103-79-85(92)80-104-110(99,100)106-84-87(108-91(96)78-74-70-66-62-58-54-50-44-39-35-31-27-23-19-15-11-7-3)82-102-89(94)76-72-68-64-60-56-52-49-46-43-41-38-34-30-26-22-18-14-10-6-2/h9-16,21-28,33-39,42-43,45-47,51-52,55-57,61,64,68-69,73,85-87,92H,5-8,17-20,29-32,40-41,44,48-50,53-54,58-60,62-63,65-67,70-72,74-84H2,1-4H3,(H,97,98)(H,99,100)/b13-9-,14-10-,15-11-,16-12-,25-21-,26-22-,27-23-,28-24-,37-33-,38-34-,39-35-,45-42-,46-43-,47-36-,55-51-,56-52-,61-57-,68-64-,73-69-. The van der Waals surface area contributed by atoms with E-state index in [1.807, 2.05) is 30.4 Å². The van der Waals surface area contributed by atoms with Gasteiger partial charge in [0.05, 0.1) is 32.8 Å². The zero-order chi connectivity index (χ0) is 80.3. The Labute approximate surface area is 664 Å². The molecule has 19 heteroatoms. The fraction of sp³-hybridized carbons (Fsp3) is 0.538. The highest BCUT2D eigenvalue weighted by molar-refractivity contribution is 7.47. The largest absolute Gasteiger partial charge is 0.472 e. The summed E-state index contributed by atoms with van der Waals surface area (Å²) in [5.74, 6) is -2.50. The number of phosphoric ester groups is 2. The molecule has 0 rings (SSSR count). The van der Waals surface area contributed by atoms with Crippen LogP contribution in [0, 0.1) is 0 Å². The average molecular weight is 1570 g/mol. The van der Waals surface area contributed by atoms with Crippen molar-refractivity contribution in [1.82, 2.24) is 0 Å². The summed E-state index contributed by atoms with van der Waals surface area (Å²) < 4.78 is 68.4. The second-order valence-electron chi connectivity index (χ2n) is 25.8. The van der Waals surface area contributed by atoms with Crippen LogP contribution < -0.4 is 0 Å². The average Bonchev–Trinajstić information content (AvgIpc) is 0.906. The molecular formula is C91H140O17P2. The van der Waals surface area contributed by atoms with E-state index >= 15 is 0 Å². The first-order valence-corrected chi connectivity index (χ1v) is 43.6. The van der Waals surface area contributed by atoms with Crippen LogP contribution in [0.25, 0.3) is 0 Å². The Hall–Kier alpha value is -6.88. The number of aliphatic hydroxyl groups is 1. The third kappa shape index (κ3) is 79.2. The SMILES string of the molecule is CC/C=C\C/C=C\C/C=C\C/C=C\C/C=C\C/C=C\CCC(=O)OCC(COP(=O)(O)OCC(O)COP(=O)(O)OCC(COC(=O)CCCCC/C=C\C/C=C\C/C=C\C/C=C\C/C=C\CC)OC(=O)C/C=C\C/C=C\C/C=C\C/C=C\C/C=C\CC)OC(=O)CCCCCCCCC/C=C\C/C=C\C/C=C\CC. The van der Waals surface area contributed by atoms with Crippen molar-refractivity contribution >= 4 is 39.5 Å². The van der Waals surface area contributed by atoms with Crippen molar-refractivity contribution < 1.29 is 80.2 Å². The fourth-order valence-corrected chi connectivity index (χ4v) is 11.2. The molecule has 616 valence electrons. The Morgan fingerprint density at radius 3 is 0.827 bits per heavy atom. The first kappa shape index (κ1) is 103. The lowest BCUT2D eigenvalue weighted by atomic mass is 10.1. The monoisotopic (exact) mass is 1570 g/mol. The predicted molar refractivity (Wildman–Crippen MR) is 454 cm³/mol. The lowest BCUT2D eigenvalue weighted by Crippen LogP contribution is -2.30. The van der Waals surface area contributed by atoms with E-state index in [2.05, 4.69) is 216 Å². The van der Waals surface area contributed by atoms with E-state index in [1.165, 1.54) is 0 Å². The van der Waals surface area contributed by atoms with Crippen LogP contribution in [-0.2, 0) is 65.4 Å². The Bertz CT molecular complexity index is 3000. The van der Waals surface area contributed by atoms with Gasteiger partial charge in [-0.2, -0.15) is 0 Å². The van der Waals surface area contributed by atoms with Gasteiger partial charge in [-0.3, -0.25) is 37.3 Å². The van der Waals surface area contributed by atoms with Gasteiger partial charge in [0.1, 0.15) is 19.3 Å². The van der Waals surface area contributed by atoms with Gasteiger partial charge in [0, 0.05) is 19.3 Å². The minimum atomic E-state index is -5.03. The zero-order valence-electron chi connectivity index (χ0n) is 67.3. The minimum absolute atomic E-state index is 0.0212. The maximum Gasteiger partial charge on any atom is 0.472 e. The molecule has 0 heterocycles. The van der Waals surface area contributed by atoms with Gasteiger partial charge in [0.25, 0.3) is 0 Å². The lowest BCUT2D eigenvalue weighted by molar-refractivity contribution is -0.161. The second-order valence-corrected chi connectivity index (χ2v) is 28.8. The van der Waals surface area contributed by atoms with Crippen LogP contribution in [-0.4, -0.2) is 96.7 Å². The Balaban J connectivity index is 5.57. The molecule has 110 heavy (non-hydrogen) atoms. The molecule has 0 spiro atoms. The molecule has 0 amide bonds. The first-order chi connectivity index (χ1) is 53.7. The van der Waals surface area contributed by atoms with Crippen molar-refractivity contribution in [2.75, 3.05) is 39.6 Å². The zero-order valence-corrected chi connectivity index (χ0v) is 69.1. The van der Waals surface area contributed by atoms with Gasteiger partial charge >= 0.3 is 39.5 Å². The normalized spacial score (nSPS) is 15.0. The third-order valence-electron chi connectivity index (χ3n) is 15.7. The summed E-state index contributed by atoms with van der Waals surface area (Å²) in [5, 5.41) is 10.7. The molecule has 0 fully saturated rings. The van der Waals surface area contributed by atoms with Gasteiger partial charge in [-0.1, -0.05) is 297 Å². The molecular weight excluding hydrogens is 1430 g/mol. The van der Waals surface area contributed by atoms with E-state index in [1.54, 1.807) is 12.2 Å². The summed E-state index contributed by atoms with van der Waals surface area (Å²) in [5.41, 5.74) is 0. The third-order valence-corrected chi connectivity index (χ3v) is 17.6. The Morgan fingerprint density at radius 1 is 0.264 bits per heavy atom. The van der Waals surface area contributed by atoms with E-state index in [-0.39, 0.29) is 25.7 Å². The molecule has 5 atom stereocenters. The summed E-state index contributed by atoms with van der Waals surface area (Å²) in [6, 6.07) is 0. The smallest absolute Gasteiger partial charge is 0.462 e. The summed E-state index contributed by atoms with van der Waals surface area (Å²) in [6.45, 7) is 4.13. The Kier molecular flexibility index (Phi) is 75.2. The van der Waals surface area contributed by atoms with Crippen LogP contribution in [0.5, 0.6) is 0 Å². The highest BCUT2D eigenvalue weighted by Crippen LogP contribution is 2.45. The quantitative estimate of drug-likeness (QED) is 0.0169. The second kappa shape index (κ2) is 80.2. The van der Waals surface area contributed by atoms with Gasteiger partial charge in [0.15, 0.2) is 12.2 Å². The van der Waals surface area contributed by atoms with Crippen molar-refractivity contribution in [1.29, 1.82) is 0 Å². The molecule has 0 saturated heterocycles. The maximum absolute atomic E-state index is 13.1. The van der Waals surface area contributed by atoms with Gasteiger partial charge in [-0.05, 0) is 167 Å². The molecule has 17 nitrogen and oxygen atoms in total. The van der Waals surface area contributed by atoms with Crippen LogP contribution in [0.15, 0.2) is 231 Å². The van der Waals surface area contributed by atoms with E-state index in [4.69, 9.17) is 37.0 Å². The number of unbranched alkanes of at least 4 members (excludes halogenated alkanes) is 10. The molecule has 0 aromatic carbocycles. The van der Waals surface area contributed by atoms with E-state index in [0.717, 1.165) is 173 Å². The number of esters is 4. The van der Waals surface area contributed by atoms with Gasteiger partial charge < -0.3 is 33.8 Å². The topological polar surface area (TPSA) is 237 Å². The van der Waals surface area contributed by atoms with Crippen LogP contribution >= 0.6 is 15.6 Å². The number of rotatable bonds is 73. The van der Waals surface area contributed by atoms with Gasteiger partial charge in [-0.25, -0.2) is 9.13 Å². The number of carbonyl (C=O) groups excluding carboxylic acids is 4. The molecule has 0 aromatic heterocycles. The molecule has 5 unspecified atom stereocenters. The Morgan fingerprint density at radius 2 is 0.500 bits per heavy atom. The van der Waals surface area contributed by atoms with Crippen molar-refractivity contribution in [2.24, 2.45) is 0 Å². The number of phosphoric acid groups is 2. The van der Waals surface area contributed by atoms with E-state index in [9.17, 15) is 43.2 Å². The number of ether oxygens (including phenoxy) is 4. The number of carbonyl (C=O) groups is 4. The molecule has 3 N–H and O–H groups in total. The number of aliphatic hydroxyl groups excluding tert-OH is 1. The predicted octanol–water partition coefficient (Wildman–Crippen LogP) is 24.2. The van der Waals surface area contributed by atoms with Crippen molar-refractivity contribution in [3.63, 3.8) is 0 Å². The highest BCUT2D eigenvalue weighted by Gasteiger charge is 2.30. The lowest BCUT2D eigenvalue weighted by Gasteiger charge is -2.21. The molecule has 0 saturated carbocycles. The highest BCUT2D eigenvalue weighted by atomic mass is 31.2. The van der Waals surface area contributed by atoms with E-state index in [0.29, 0.717) is 32.1 Å². The summed E-state index contributed by atoms with van der Waals surface area (Å²) in [7, 11) is -10.1. The van der Waals surface area contributed by atoms with Crippen molar-refractivity contribution in [2.45, 2.75) is 277 Å². The minimum Gasteiger partial charge on any atom is -0.462 e. The summed E-state index contributed by atoms with van der Waals surface area (Å²) >= 11 is 0. The van der Waals surface area contributed by atoms with Crippen LogP contribution in [0.2, 0.25) is 0 Å². The maximum atomic E-state index is 13.1. The van der Waals surface area contributed by atoms with Crippen LogP contribution in [0.1, 0.15) is 259 Å². The molecule has 0 aliphatic carbocycles. The number of hydrogen-bond donors (Lipinski definition) is 3. The molecule has 0 radical (unpaired) electrons. The molecule has 0 aliphatic heterocycles. The number of allylic oxidation sites excluding steroid dienone is 37. The molecule has 0 aromatic rings. The molecule has 0 aliphatic rings. The molecule has 0 bridgehead atoms. The summed E-state index contributed by atoms with van der Waals surface area (Å²) in [4.78, 5) is 73.1. The van der Waals surface area contributed by atoms with Crippen LogP contribution in [0.3, 0.4) is 0 Å². The fourth-order valence-electron chi connectivity index (χ4n) is 9.65. The van der Waals surface area contributed by atoms with Crippen molar-refractivity contribution in [3.05, 3.63) is 231 Å². The number of hydrogen-bond acceptors (Lipinski definition) is 15. The van der Waals surface area contributed by atoms with Crippen LogP contribution in [0.4, 0.5) is 0 Å². The first-order valence-electron chi connectivity index (χ1n) is 40.6.